The number of nitriles is 1. The Balaban J connectivity index is 2.47. The largest absolute Gasteiger partial charge is 0.243 e. The van der Waals surface area contributed by atoms with Crippen LogP contribution in [0.25, 0.3) is 0 Å². The third-order valence-corrected chi connectivity index (χ3v) is 6.26. The molecule has 0 saturated carbocycles. The normalized spacial score (nSPS) is 24.3. The van der Waals surface area contributed by atoms with Gasteiger partial charge in [0.2, 0.25) is 10.0 Å². The summed E-state index contributed by atoms with van der Waals surface area (Å²) in [6.45, 7) is 5.67. The molecule has 0 bridgehead atoms. The lowest BCUT2D eigenvalue weighted by Crippen LogP contribution is -2.47. The second kappa shape index (κ2) is 5.55. The lowest BCUT2D eigenvalue weighted by atomic mass is 10.0. The molecular formula is C15H20N2O2S. The number of rotatable bonds is 2. The van der Waals surface area contributed by atoms with Crippen LogP contribution in [0.5, 0.6) is 0 Å². The summed E-state index contributed by atoms with van der Waals surface area (Å²) in [7, 11) is -3.49. The van der Waals surface area contributed by atoms with Crippen molar-refractivity contribution in [1.29, 1.82) is 5.26 Å². The molecule has 20 heavy (non-hydrogen) atoms. The van der Waals surface area contributed by atoms with E-state index in [1.165, 1.54) is 0 Å². The minimum Gasteiger partial charge on any atom is -0.207 e. The number of sulfonamides is 1. The Kier molecular flexibility index (Phi) is 4.17. The molecule has 0 aliphatic carbocycles. The van der Waals surface area contributed by atoms with Crippen molar-refractivity contribution in [3.05, 3.63) is 29.3 Å². The van der Waals surface area contributed by atoms with Crippen molar-refractivity contribution in [2.45, 2.75) is 57.0 Å². The SMILES string of the molecule is Cc1cc(C#N)ccc1S(=O)(=O)N1C(C)CCCC1C. The summed E-state index contributed by atoms with van der Waals surface area (Å²) in [5, 5.41) is 8.88. The van der Waals surface area contributed by atoms with E-state index in [0.717, 1.165) is 19.3 Å². The van der Waals surface area contributed by atoms with Crippen molar-refractivity contribution >= 4 is 10.0 Å². The van der Waals surface area contributed by atoms with Crippen molar-refractivity contribution in [2.75, 3.05) is 0 Å². The summed E-state index contributed by atoms with van der Waals surface area (Å²) < 4.78 is 27.4. The zero-order valence-corrected chi connectivity index (χ0v) is 12.9. The fourth-order valence-electron chi connectivity index (χ4n) is 2.99. The van der Waals surface area contributed by atoms with Crippen LogP contribution in [0.3, 0.4) is 0 Å². The van der Waals surface area contributed by atoms with E-state index in [9.17, 15) is 8.42 Å². The smallest absolute Gasteiger partial charge is 0.207 e. The van der Waals surface area contributed by atoms with Crippen molar-refractivity contribution < 1.29 is 8.42 Å². The third-order valence-electron chi connectivity index (χ3n) is 3.97. The summed E-state index contributed by atoms with van der Waals surface area (Å²) in [6, 6.07) is 6.84. The van der Waals surface area contributed by atoms with Gasteiger partial charge in [-0.3, -0.25) is 0 Å². The molecule has 1 aromatic carbocycles. The molecule has 1 aromatic rings. The standard InChI is InChI=1S/C15H20N2O2S/c1-11-9-14(10-16)7-8-15(11)20(18,19)17-12(2)5-4-6-13(17)3/h7-9,12-13H,4-6H2,1-3H3. The van der Waals surface area contributed by atoms with Gasteiger partial charge in [-0.15, -0.1) is 0 Å². The molecule has 1 aliphatic rings. The molecule has 2 unspecified atom stereocenters. The Bertz CT molecular complexity index is 636. The Hall–Kier alpha value is -1.38. The molecule has 0 N–H and O–H groups in total. The Labute approximate surface area is 121 Å². The zero-order valence-electron chi connectivity index (χ0n) is 12.1. The van der Waals surface area contributed by atoms with Crippen LogP contribution in [0.4, 0.5) is 0 Å². The van der Waals surface area contributed by atoms with Gasteiger partial charge < -0.3 is 0 Å². The molecule has 1 fully saturated rings. The van der Waals surface area contributed by atoms with Crippen molar-refractivity contribution in [1.82, 2.24) is 4.31 Å². The average molecular weight is 292 g/mol. The minimum atomic E-state index is -3.49. The molecule has 1 saturated heterocycles. The molecule has 0 amide bonds. The highest BCUT2D eigenvalue weighted by molar-refractivity contribution is 7.89. The molecule has 2 atom stereocenters. The summed E-state index contributed by atoms with van der Waals surface area (Å²) >= 11 is 0. The van der Waals surface area contributed by atoms with E-state index in [4.69, 9.17) is 5.26 Å². The van der Waals surface area contributed by atoms with Crippen LogP contribution in [0.15, 0.2) is 23.1 Å². The molecule has 1 aliphatic heterocycles. The van der Waals surface area contributed by atoms with E-state index >= 15 is 0 Å². The van der Waals surface area contributed by atoms with Crippen LogP contribution in [-0.2, 0) is 10.0 Å². The van der Waals surface area contributed by atoms with Gasteiger partial charge in [-0.1, -0.05) is 6.42 Å². The maximum Gasteiger partial charge on any atom is 0.243 e. The van der Waals surface area contributed by atoms with E-state index in [2.05, 4.69) is 0 Å². The first-order chi connectivity index (χ1) is 9.37. The molecule has 0 aromatic heterocycles. The maximum atomic E-state index is 12.9. The lowest BCUT2D eigenvalue weighted by molar-refractivity contribution is 0.204. The number of aryl methyl sites for hydroxylation is 1. The lowest BCUT2D eigenvalue weighted by Gasteiger charge is -2.38. The molecular weight excluding hydrogens is 272 g/mol. The highest BCUT2D eigenvalue weighted by Gasteiger charge is 2.36. The topological polar surface area (TPSA) is 61.2 Å². The first-order valence-corrected chi connectivity index (χ1v) is 8.36. The van der Waals surface area contributed by atoms with E-state index in [1.807, 2.05) is 19.9 Å². The van der Waals surface area contributed by atoms with Gasteiger partial charge in [0, 0.05) is 12.1 Å². The molecule has 4 nitrogen and oxygen atoms in total. The van der Waals surface area contributed by atoms with Crippen LogP contribution in [0.1, 0.15) is 44.2 Å². The summed E-state index contributed by atoms with van der Waals surface area (Å²) in [6.07, 6.45) is 2.87. The van der Waals surface area contributed by atoms with Crippen molar-refractivity contribution in [3.8, 4) is 6.07 Å². The Morgan fingerprint density at radius 3 is 2.35 bits per heavy atom. The minimum absolute atomic E-state index is 0.0267. The number of hydrogen-bond donors (Lipinski definition) is 0. The summed E-state index contributed by atoms with van der Waals surface area (Å²) in [4.78, 5) is 0.317. The van der Waals surface area contributed by atoms with Crippen LogP contribution in [-0.4, -0.2) is 24.8 Å². The molecule has 2 rings (SSSR count). The monoisotopic (exact) mass is 292 g/mol. The first kappa shape index (κ1) is 15.0. The van der Waals surface area contributed by atoms with Crippen LogP contribution < -0.4 is 0 Å². The van der Waals surface area contributed by atoms with Crippen molar-refractivity contribution in [3.63, 3.8) is 0 Å². The first-order valence-electron chi connectivity index (χ1n) is 6.92. The van der Waals surface area contributed by atoms with E-state index in [0.29, 0.717) is 16.0 Å². The predicted octanol–water partition coefficient (Wildman–Crippen LogP) is 2.82. The van der Waals surface area contributed by atoms with Gasteiger partial charge in [-0.2, -0.15) is 9.57 Å². The second-order valence-corrected chi connectivity index (χ2v) is 7.37. The number of hydrogen-bond acceptors (Lipinski definition) is 3. The van der Waals surface area contributed by atoms with Gasteiger partial charge in [0.05, 0.1) is 16.5 Å². The fourth-order valence-corrected chi connectivity index (χ4v) is 5.08. The maximum absolute atomic E-state index is 12.9. The summed E-state index contributed by atoms with van der Waals surface area (Å²) in [5.41, 5.74) is 1.12. The number of piperidine rings is 1. The average Bonchev–Trinajstić information content (AvgIpc) is 2.37. The van der Waals surface area contributed by atoms with E-state index in [-0.39, 0.29) is 12.1 Å². The van der Waals surface area contributed by atoms with Gasteiger partial charge in [-0.25, -0.2) is 8.42 Å². The Morgan fingerprint density at radius 1 is 1.25 bits per heavy atom. The fraction of sp³-hybridized carbons (Fsp3) is 0.533. The van der Waals surface area contributed by atoms with Gasteiger partial charge in [0.1, 0.15) is 0 Å². The van der Waals surface area contributed by atoms with Crippen LogP contribution >= 0.6 is 0 Å². The summed E-state index contributed by atoms with van der Waals surface area (Å²) in [5.74, 6) is 0. The van der Waals surface area contributed by atoms with E-state index in [1.54, 1.807) is 29.4 Å². The molecule has 5 heteroatoms. The van der Waals surface area contributed by atoms with E-state index < -0.39 is 10.0 Å². The Morgan fingerprint density at radius 2 is 1.85 bits per heavy atom. The molecule has 108 valence electrons. The number of benzene rings is 1. The van der Waals surface area contributed by atoms with Gasteiger partial charge in [0.25, 0.3) is 0 Å². The van der Waals surface area contributed by atoms with Crippen LogP contribution in [0.2, 0.25) is 0 Å². The predicted molar refractivity (Wildman–Crippen MR) is 77.7 cm³/mol. The van der Waals surface area contributed by atoms with Crippen molar-refractivity contribution in [2.24, 2.45) is 0 Å². The highest BCUT2D eigenvalue weighted by Crippen LogP contribution is 2.30. The molecule has 0 spiro atoms. The highest BCUT2D eigenvalue weighted by atomic mass is 32.2. The zero-order chi connectivity index (χ0) is 14.9. The van der Waals surface area contributed by atoms with Gasteiger partial charge in [-0.05, 0) is 57.4 Å². The number of nitrogens with zero attached hydrogens (tertiary/aromatic N) is 2. The quantitative estimate of drug-likeness (QED) is 0.842. The van der Waals surface area contributed by atoms with Crippen LogP contribution in [0, 0.1) is 18.3 Å². The second-order valence-electron chi connectivity index (χ2n) is 5.56. The molecule has 1 heterocycles. The van der Waals surface area contributed by atoms with Gasteiger partial charge in [0.15, 0.2) is 0 Å². The van der Waals surface area contributed by atoms with Gasteiger partial charge >= 0.3 is 0 Å². The molecule has 0 radical (unpaired) electrons. The third kappa shape index (κ3) is 2.58.